The maximum atomic E-state index is 12.9. The molecule has 0 aliphatic carbocycles. The van der Waals surface area contributed by atoms with Crippen LogP contribution in [0.2, 0.25) is 0 Å². The van der Waals surface area contributed by atoms with Crippen LogP contribution in [0.3, 0.4) is 0 Å². The predicted octanol–water partition coefficient (Wildman–Crippen LogP) is 2.88. The minimum Gasteiger partial charge on any atom is -0.497 e. The van der Waals surface area contributed by atoms with Gasteiger partial charge in [0.2, 0.25) is 5.91 Å². The molecule has 1 aromatic carbocycles. The number of methoxy groups -OCH3 is 2. The monoisotopic (exact) mass is 343 g/mol. The van der Waals surface area contributed by atoms with Crippen molar-refractivity contribution in [2.24, 2.45) is 0 Å². The van der Waals surface area contributed by atoms with Crippen molar-refractivity contribution in [1.82, 2.24) is 14.7 Å². The highest BCUT2D eigenvalue weighted by atomic mass is 16.5. The van der Waals surface area contributed by atoms with Crippen LogP contribution < -0.4 is 9.47 Å². The molecule has 2 heterocycles. The van der Waals surface area contributed by atoms with Gasteiger partial charge in [0, 0.05) is 17.8 Å². The normalized spacial score (nSPS) is 17.0. The molecule has 6 nitrogen and oxygen atoms in total. The van der Waals surface area contributed by atoms with Crippen molar-refractivity contribution in [2.75, 3.05) is 20.8 Å². The largest absolute Gasteiger partial charge is 0.497 e. The second-order valence-electron chi connectivity index (χ2n) is 6.44. The number of hydrogen-bond acceptors (Lipinski definition) is 4. The molecule has 0 radical (unpaired) electrons. The Hall–Kier alpha value is -2.50. The van der Waals surface area contributed by atoms with Crippen LogP contribution in [0.15, 0.2) is 24.3 Å². The van der Waals surface area contributed by atoms with Gasteiger partial charge in [0.25, 0.3) is 0 Å². The zero-order valence-corrected chi connectivity index (χ0v) is 15.3. The van der Waals surface area contributed by atoms with Gasteiger partial charge in [-0.25, -0.2) is 0 Å². The topological polar surface area (TPSA) is 56.6 Å². The van der Waals surface area contributed by atoms with E-state index in [0.717, 1.165) is 47.8 Å². The lowest BCUT2D eigenvalue weighted by Crippen LogP contribution is -2.34. The first-order chi connectivity index (χ1) is 12.0. The smallest absolute Gasteiger partial charge is 0.244 e. The number of carbonyl (C=O) groups is 1. The van der Waals surface area contributed by atoms with Gasteiger partial charge in [-0.15, -0.1) is 0 Å². The van der Waals surface area contributed by atoms with E-state index < -0.39 is 0 Å². The highest BCUT2D eigenvalue weighted by Gasteiger charge is 2.32. The molecule has 1 fully saturated rings. The number of hydrogen-bond donors (Lipinski definition) is 0. The van der Waals surface area contributed by atoms with Gasteiger partial charge in [0.05, 0.1) is 26.0 Å². The lowest BCUT2D eigenvalue weighted by Gasteiger charge is -2.27. The molecule has 6 heteroatoms. The Morgan fingerprint density at radius 2 is 2.04 bits per heavy atom. The highest BCUT2D eigenvalue weighted by Crippen LogP contribution is 2.39. The average molecular weight is 343 g/mol. The molecule has 0 bridgehead atoms. The summed E-state index contributed by atoms with van der Waals surface area (Å²) in [4.78, 5) is 14.8. The molecule has 0 N–H and O–H groups in total. The number of likely N-dealkylation sites (tertiary alicyclic amines) is 1. The van der Waals surface area contributed by atoms with E-state index >= 15 is 0 Å². The minimum atomic E-state index is 0.00881. The fraction of sp³-hybridized carbons (Fsp3) is 0.474. The van der Waals surface area contributed by atoms with Crippen molar-refractivity contribution in [3.05, 3.63) is 41.2 Å². The Morgan fingerprint density at radius 1 is 1.24 bits per heavy atom. The lowest BCUT2D eigenvalue weighted by atomic mass is 10.0. The van der Waals surface area contributed by atoms with Crippen molar-refractivity contribution in [1.29, 1.82) is 0 Å². The van der Waals surface area contributed by atoms with E-state index in [1.807, 2.05) is 43.0 Å². The van der Waals surface area contributed by atoms with Crippen LogP contribution in [0.4, 0.5) is 0 Å². The van der Waals surface area contributed by atoms with Gasteiger partial charge in [0.15, 0.2) is 0 Å². The van der Waals surface area contributed by atoms with Gasteiger partial charge >= 0.3 is 0 Å². The Labute approximate surface area is 148 Å². The molecule has 1 aliphatic heterocycles. The molecule has 134 valence electrons. The number of nitrogens with zero attached hydrogens (tertiary/aromatic N) is 3. The van der Waals surface area contributed by atoms with Crippen molar-refractivity contribution in [3.63, 3.8) is 0 Å². The maximum Gasteiger partial charge on any atom is 0.244 e. The van der Waals surface area contributed by atoms with E-state index in [2.05, 4.69) is 5.10 Å². The van der Waals surface area contributed by atoms with Crippen LogP contribution in [0, 0.1) is 13.8 Å². The number of aryl methyl sites for hydroxylation is 2. The molecule has 3 rings (SSSR count). The van der Waals surface area contributed by atoms with E-state index in [4.69, 9.17) is 9.47 Å². The zero-order chi connectivity index (χ0) is 18.0. The van der Waals surface area contributed by atoms with Gasteiger partial charge in [0.1, 0.15) is 18.0 Å². The van der Waals surface area contributed by atoms with Gasteiger partial charge in [-0.1, -0.05) is 0 Å². The summed E-state index contributed by atoms with van der Waals surface area (Å²) in [6, 6.07) is 7.74. The summed E-state index contributed by atoms with van der Waals surface area (Å²) >= 11 is 0. The summed E-state index contributed by atoms with van der Waals surface area (Å²) in [7, 11) is 3.30. The summed E-state index contributed by atoms with van der Waals surface area (Å²) in [5.41, 5.74) is 2.93. The first kappa shape index (κ1) is 17.3. The van der Waals surface area contributed by atoms with Crippen molar-refractivity contribution in [3.8, 4) is 11.5 Å². The van der Waals surface area contributed by atoms with Crippen molar-refractivity contribution < 1.29 is 14.3 Å². The van der Waals surface area contributed by atoms with E-state index in [0.29, 0.717) is 0 Å². The molecule has 0 spiro atoms. The standard InChI is InChI=1S/C19H25N3O3/c1-13-10-14(2)22(20-13)12-19(23)21-9-5-6-17(21)16-11-15(24-3)7-8-18(16)25-4/h7-8,10-11,17H,5-6,9,12H2,1-4H3. The molecular formula is C19H25N3O3. The summed E-state index contributed by atoms with van der Waals surface area (Å²) < 4.78 is 12.6. The van der Waals surface area contributed by atoms with Gasteiger partial charge in [-0.2, -0.15) is 5.10 Å². The van der Waals surface area contributed by atoms with Gasteiger partial charge in [-0.3, -0.25) is 9.48 Å². The summed E-state index contributed by atoms with van der Waals surface area (Å²) in [6.45, 7) is 4.93. The second-order valence-corrected chi connectivity index (χ2v) is 6.44. The Bertz CT molecular complexity index is 769. The summed E-state index contributed by atoms with van der Waals surface area (Å²) in [5, 5.41) is 4.40. The van der Waals surface area contributed by atoms with Gasteiger partial charge < -0.3 is 14.4 Å². The Morgan fingerprint density at radius 3 is 2.68 bits per heavy atom. The molecule has 1 saturated heterocycles. The highest BCUT2D eigenvalue weighted by molar-refractivity contribution is 5.77. The first-order valence-corrected chi connectivity index (χ1v) is 8.56. The fourth-order valence-corrected chi connectivity index (χ4v) is 3.54. The molecule has 1 atom stereocenters. The molecule has 2 aromatic rings. The molecule has 1 unspecified atom stereocenters. The third kappa shape index (κ3) is 3.48. The molecule has 1 amide bonds. The number of rotatable bonds is 5. The number of carbonyl (C=O) groups excluding carboxylic acids is 1. The molecular weight excluding hydrogens is 318 g/mol. The van der Waals surface area contributed by atoms with Crippen LogP contribution in [0.25, 0.3) is 0 Å². The Kier molecular flexibility index (Phi) is 4.97. The third-order valence-electron chi connectivity index (χ3n) is 4.76. The third-order valence-corrected chi connectivity index (χ3v) is 4.76. The first-order valence-electron chi connectivity index (χ1n) is 8.56. The second kappa shape index (κ2) is 7.17. The minimum absolute atomic E-state index is 0.00881. The summed E-state index contributed by atoms with van der Waals surface area (Å²) in [6.07, 6.45) is 1.90. The van der Waals surface area contributed by atoms with E-state index in [1.54, 1.807) is 18.9 Å². The number of benzene rings is 1. The maximum absolute atomic E-state index is 12.9. The molecule has 25 heavy (non-hydrogen) atoms. The van der Waals surface area contributed by atoms with Crippen LogP contribution >= 0.6 is 0 Å². The zero-order valence-electron chi connectivity index (χ0n) is 15.3. The van der Waals surface area contributed by atoms with E-state index in [1.165, 1.54) is 0 Å². The molecule has 1 aromatic heterocycles. The quantitative estimate of drug-likeness (QED) is 0.838. The van der Waals surface area contributed by atoms with E-state index in [9.17, 15) is 4.79 Å². The van der Waals surface area contributed by atoms with Crippen LogP contribution in [-0.2, 0) is 11.3 Å². The van der Waals surface area contributed by atoms with Crippen LogP contribution in [0.1, 0.15) is 35.8 Å². The van der Waals surface area contributed by atoms with Crippen molar-refractivity contribution >= 4 is 5.91 Å². The average Bonchev–Trinajstić information content (AvgIpc) is 3.21. The SMILES string of the molecule is COc1ccc(OC)c(C2CCCN2C(=O)Cn2nc(C)cc2C)c1. The van der Waals surface area contributed by atoms with Gasteiger partial charge in [-0.05, 0) is 51.0 Å². The predicted molar refractivity (Wildman–Crippen MR) is 94.9 cm³/mol. The van der Waals surface area contributed by atoms with Crippen LogP contribution in [-0.4, -0.2) is 41.4 Å². The molecule has 0 saturated carbocycles. The summed E-state index contributed by atoms with van der Waals surface area (Å²) in [5.74, 6) is 1.64. The van der Waals surface area contributed by atoms with E-state index in [-0.39, 0.29) is 18.5 Å². The Balaban J connectivity index is 1.85. The number of amides is 1. The van der Waals surface area contributed by atoms with Crippen molar-refractivity contribution in [2.45, 2.75) is 39.3 Å². The number of aromatic nitrogens is 2. The molecule has 1 aliphatic rings. The lowest BCUT2D eigenvalue weighted by molar-refractivity contribution is -0.133. The number of ether oxygens (including phenoxy) is 2. The van der Waals surface area contributed by atoms with Crippen LogP contribution in [0.5, 0.6) is 11.5 Å². The fourth-order valence-electron chi connectivity index (χ4n) is 3.54.